The largest absolute Gasteiger partial charge is 0.463 e. The SMILES string of the molecule is CCCCCCCCOc1ncc(-c2ccc(OC3COC(C)(C)O3)cc2)cn1. The van der Waals surface area contributed by atoms with Crippen molar-refractivity contribution in [3.63, 3.8) is 0 Å². The lowest BCUT2D eigenvalue weighted by atomic mass is 10.1. The molecule has 2 heterocycles. The van der Waals surface area contributed by atoms with E-state index in [2.05, 4.69) is 16.9 Å². The first kappa shape index (κ1) is 21.5. The van der Waals surface area contributed by atoms with E-state index in [-0.39, 0.29) is 6.29 Å². The zero-order valence-electron chi connectivity index (χ0n) is 17.7. The molecule has 0 N–H and O–H groups in total. The molecule has 1 unspecified atom stereocenters. The van der Waals surface area contributed by atoms with Crippen molar-refractivity contribution in [2.24, 2.45) is 0 Å². The summed E-state index contributed by atoms with van der Waals surface area (Å²) in [6.07, 6.45) is 10.6. The van der Waals surface area contributed by atoms with E-state index in [0.29, 0.717) is 19.2 Å². The summed E-state index contributed by atoms with van der Waals surface area (Å²) in [5.41, 5.74) is 1.95. The zero-order valence-corrected chi connectivity index (χ0v) is 17.7. The van der Waals surface area contributed by atoms with Crippen molar-refractivity contribution in [2.45, 2.75) is 71.4 Å². The molecule has 6 nitrogen and oxygen atoms in total. The van der Waals surface area contributed by atoms with E-state index in [9.17, 15) is 0 Å². The van der Waals surface area contributed by atoms with Crippen molar-refractivity contribution >= 4 is 0 Å². The van der Waals surface area contributed by atoms with Crippen LogP contribution in [0.15, 0.2) is 36.7 Å². The summed E-state index contributed by atoms with van der Waals surface area (Å²) in [5.74, 6) is 0.140. The molecule has 0 aliphatic carbocycles. The van der Waals surface area contributed by atoms with Crippen LogP contribution >= 0.6 is 0 Å². The van der Waals surface area contributed by atoms with Gasteiger partial charge in [0.2, 0.25) is 6.29 Å². The second-order valence-electron chi connectivity index (χ2n) is 7.77. The summed E-state index contributed by atoms with van der Waals surface area (Å²) in [4.78, 5) is 8.65. The minimum absolute atomic E-state index is 0.387. The first-order valence-corrected chi connectivity index (χ1v) is 10.6. The Morgan fingerprint density at radius 1 is 0.966 bits per heavy atom. The second-order valence-corrected chi connectivity index (χ2v) is 7.77. The summed E-state index contributed by atoms with van der Waals surface area (Å²) in [6.45, 7) is 7.07. The van der Waals surface area contributed by atoms with Crippen LogP contribution in [-0.2, 0) is 9.47 Å². The van der Waals surface area contributed by atoms with E-state index >= 15 is 0 Å². The van der Waals surface area contributed by atoms with Crippen molar-refractivity contribution in [3.05, 3.63) is 36.7 Å². The monoisotopic (exact) mass is 400 g/mol. The molecular weight excluding hydrogens is 368 g/mol. The van der Waals surface area contributed by atoms with Gasteiger partial charge >= 0.3 is 6.01 Å². The Labute approximate surface area is 173 Å². The van der Waals surface area contributed by atoms with Gasteiger partial charge in [0.25, 0.3) is 0 Å². The highest BCUT2D eigenvalue weighted by molar-refractivity contribution is 5.62. The Balaban J connectivity index is 1.43. The lowest BCUT2D eigenvalue weighted by Crippen LogP contribution is -2.24. The molecule has 0 bridgehead atoms. The number of benzene rings is 1. The van der Waals surface area contributed by atoms with Crippen molar-refractivity contribution in [1.29, 1.82) is 0 Å². The summed E-state index contributed by atoms with van der Waals surface area (Å²) >= 11 is 0. The molecular formula is C23H32N2O4. The van der Waals surface area contributed by atoms with Gasteiger partial charge in [-0.15, -0.1) is 0 Å². The summed E-state index contributed by atoms with van der Waals surface area (Å²) < 4.78 is 22.6. The van der Waals surface area contributed by atoms with Gasteiger partial charge in [0.15, 0.2) is 5.79 Å². The average molecular weight is 401 g/mol. The molecule has 1 aliphatic rings. The standard InChI is InChI=1S/C23H32N2O4/c1-4-5-6-7-8-9-14-26-22-24-15-19(16-25-22)18-10-12-20(13-11-18)28-21-17-27-23(2,3)29-21/h10-13,15-16,21H,4-9,14,17H2,1-3H3. The van der Waals surface area contributed by atoms with Crippen molar-refractivity contribution in [1.82, 2.24) is 9.97 Å². The van der Waals surface area contributed by atoms with Crippen LogP contribution in [0.2, 0.25) is 0 Å². The summed E-state index contributed by atoms with van der Waals surface area (Å²) in [6, 6.07) is 8.21. The minimum atomic E-state index is -0.596. The molecule has 1 saturated heterocycles. The van der Waals surface area contributed by atoms with Crippen molar-refractivity contribution < 1.29 is 18.9 Å². The number of hydrogen-bond donors (Lipinski definition) is 0. The molecule has 0 radical (unpaired) electrons. The summed E-state index contributed by atoms with van der Waals surface area (Å²) in [7, 11) is 0. The molecule has 1 aromatic heterocycles. The number of hydrogen-bond acceptors (Lipinski definition) is 6. The minimum Gasteiger partial charge on any atom is -0.463 e. The zero-order chi connectivity index (χ0) is 20.5. The smallest absolute Gasteiger partial charge is 0.316 e. The lowest BCUT2D eigenvalue weighted by Gasteiger charge is -2.17. The maximum atomic E-state index is 5.81. The lowest BCUT2D eigenvalue weighted by molar-refractivity contribution is -0.167. The van der Waals surface area contributed by atoms with Gasteiger partial charge in [0.05, 0.1) is 6.61 Å². The van der Waals surface area contributed by atoms with E-state index in [0.717, 1.165) is 23.3 Å². The Morgan fingerprint density at radius 3 is 2.31 bits per heavy atom. The summed E-state index contributed by atoms with van der Waals surface area (Å²) in [5, 5.41) is 0. The molecule has 158 valence electrons. The molecule has 0 saturated carbocycles. The van der Waals surface area contributed by atoms with Gasteiger partial charge in [-0.3, -0.25) is 0 Å². The van der Waals surface area contributed by atoms with Gasteiger partial charge in [-0.2, -0.15) is 0 Å². The number of aromatic nitrogens is 2. The second kappa shape index (κ2) is 10.6. The highest BCUT2D eigenvalue weighted by atomic mass is 16.8. The predicted octanol–water partition coefficient (Wildman–Crippen LogP) is 5.37. The van der Waals surface area contributed by atoms with Crippen LogP contribution in [0.4, 0.5) is 0 Å². The van der Waals surface area contributed by atoms with E-state index in [4.69, 9.17) is 18.9 Å². The van der Waals surface area contributed by atoms with Crippen LogP contribution in [0, 0.1) is 0 Å². The van der Waals surface area contributed by atoms with Crippen LogP contribution in [0.5, 0.6) is 11.8 Å². The molecule has 1 fully saturated rings. The van der Waals surface area contributed by atoms with Gasteiger partial charge in [0.1, 0.15) is 12.4 Å². The van der Waals surface area contributed by atoms with E-state index in [1.54, 1.807) is 12.4 Å². The molecule has 0 spiro atoms. The van der Waals surface area contributed by atoms with Gasteiger partial charge in [-0.1, -0.05) is 51.2 Å². The van der Waals surface area contributed by atoms with Gasteiger partial charge in [0, 0.05) is 18.0 Å². The fourth-order valence-electron chi connectivity index (χ4n) is 3.17. The van der Waals surface area contributed by atoms with E-state index in [1.807, 2.05) is 38.1 Å². The molecule has 1 aromatic carbocycles. The fourth-order valence-corrected chi connectivity index (χ4v) is 3.17. The maximum Gasteiger partial charge on any atom is 0.316 e. The third kappa shape index (κ3) is 6.98. The molecule has 6 heteroatoms. The van der Waals surface area contributed by atoms with Crippen LogP contribution in [0.3, 0.4) is 0 Å². The Hall–Kier alpha value is -2.18. The Bertz CT molecular complexity index is 732. The first-order valence-electron chi connectivity index (χ1n) is 10.6. The topological polar surface area (TPSA) is 62.7 Å². The van der Waals surface area contributed by atoms with Crippen molar-refractivity contribution in [2.75, 3.05) is 13.2 Å². The molecule has 29 heavy (non-hydrogen) atoms. The molecule has 0 amide bonds. The van der Waals surface area contributed by atoms with E-state index < -0.39 is 5.79 Å². The van der Waals surface area contributed by atoms with Crippen LogP contribution < -0.4 is 9.47 Å². The number of rotatable bonds is 11. The predicted molar refractivity (Wildman–Crippen MR) is 112 cm³/mol. The quantitative estimate of drug-likeness (QED) is 0.473. The van der Waals surface area contributed by atoms with Crippen LogP contribution in [0.1, 0.15) is 59.3 Å². The normalized spacial score (nSPS) is 18.0. The molecule has 2 aromatic rings. The van der Waals surface area contributed by atoms with Gasteiger partial charge < -0.3 is 18.9 Å². The first-order chi connectivity index (χ1) is 14.1. The Kier molecular flexibility index (Phi) is 7.83. The third-order valence-electron chi connectivity index (χ3n) is 4.79. The third-order valence-corrected chi connectivity index (χ3v) is 4.79. The van der Waals surface area contributed by atoms with E-state index in [1.165, 1.54) is 32.1 Å². The van der Waals surface area contributed by atoms with Crippen molar-refractivity contribution in [3.8, 4) is 22.9 Å². The van der Waals surface area contributed by atoms with Gasteiger partial charge in [-0.05, 0) is 38.0 Å². The van der Waals surface area contributed by atoms with Gasteiger partial charge in [-0.25, -0.2) is 9.97 Å². The molecule has 1 atom stereocenters. The number of ether oxygens (including phenoxy) is 4. The number of unbranched alkanes of at least 4 members (excludes halogenated alkanes) is 5. The Morgan fingerprint density at radius 2 is 1.66 bits per heavy atom. The highest BCUT2D eigenvalue weighted by Crippen LogP contribution is 2.27. The fraction of sp³-hybridized carbons (Fsp3) is 0.565. The molecule has 1 aliphatic heterocycles. The molecule has 3 rings (SSSR count). The number of nitrogens with zero attached hydrogens (tertiary/aromatic N) is 2. The van der Waals surface area contributed by atoms with Crippen LogP contribution in [0.25, 0.3) is 11.1 Å². The average Bonchev–Trinajstić information content (AvgIpc) is 3.06. The van der Waals surface area contributed by atoms with Crippen LogP contribution in [-0.4, -0.2) is 35.3 Å². The highest BCUT2D eigenvalue weighted by Gasteiger charge is 2.33. The maximum absolute atomic E-state index is 5.81.